The number of benzene rings is 2. The van der Waals surface area contributed by atoms with E-state index >= 15 is 0 Å². The molecule has 0 amide bonds. The molecular weight excluding hydrogens is 556 g/mol. The highest BCUT2D eigenvalue weighted by molar-refractivity contribution is 5.87. The van der Waals surface area contributed by atoms with Crippen LogP contribution in [0.3, 0.4) is 0 Å². The Morgan fingerprint density at radius 3 is 1.48 bits per heavy atom. The van der Waals surface area contributed by atoms with E-state index in [1.54, 1.807) is 23.3 Å². The summed E-state index contributed by atoms with van der Waals surface area (Å²) in [6.07, 6.45) is 13.2. The van der Waals surface area contributed by atoms with Gasteiger partial charge in [0.2, 0.25) is 0 Å². The molecule has 0 radical (unpaired) electrons. The van der Waals surface area contributed by atoms with Gasteiger partial charge in [-0.25, -0.2) is 0 Å². The van der Waals surface area contributed by atoms with E-state index in [9.17, 15) is 4.79 Å². The molecule has 0 saturated heterocycles. The van der Waals surface area contributed by atoms with Gasteiger partial charge < -0.3 is 0 Å². The molecule has 2 aromatic carbocycles. The molecule has 0 fully saturated rings. The smallest absolute Gasteiger partial charge is 0.152 e. The van der Waals surface area contributed by atoms with E-state index in [0.717, 1.165) is 17.1 Å². The standard InChI is InChI=1S/C13H18.C10H14O.C8H10.C4H8.2C4H10.C2H6/c1-10-8-9-13(2,3)12-7-5-4-6-11(10)12;1-5-10(8(2)3)7-6-9(4)11;1-7-3-5-8(2)6-4-7;1-4(2)3;2*1-3-4-2;1-2/h4-7,10H,8-9H2,1-3H3;5-7H,2H2,1,3-4H3;3-6H,1-2H3;1H2,2-3H3;2*3-4H2,1-2H3;1-2H3/b;7-6-,10-5-;;;;;. The normalized spacial score (nSPS) is 13.7. The number of fused-ring (bicyclic) bond motifs is 1. The minimum atomic E-state index is 0.0607. The molecule has 1 heteroatoms. The molecular formula is C45H76O. The molecule has 1 aliphatic rings. The molecule has 0 aromatic heterocycles. The van der Waals surface area contributed by atoms with E-state index in [1.807, 2.05) is 47.6 Å². The van der Waals surface area contributed by atoms with Crippen LogP contribution in [0.2, 0.25) is 0 Å². The van der Waals surface area contributed by atoms with Gasteiger partial charge in [0, 0.05) is 0 Å². The lowest BCUT2D eigenvalue weighted by atomic mass is 9.69. The van der Waals surface area contributed by atoms with Crippen LogP contribution in [0.15, 0.2) is 96.6 Å². The number of ketones is 1. The summed E-state index contributed by atoms with van der Waals surface area (Å²) in [5, 5.41) is 0. The average molecular weight is 633 g/mol. The van der Waals surface area contributed by atoms with Crippen LogP contribution in [0.25, 0.3) is 0 Å². The lowest BCUT2D eigenvalue weighted by Crippen LogP contribution is -2.25. The maximum atomic E-state index is 10.5. The second kappa shape index (κ2) is 32.0. The van der Waals surface area contributed by atoms with Crippen LogP contribution >= 0.6 is 0 Å². The summed E-state index contributed by atoms with van der Waals surface area (Å²) in [7, 11) is 0. The highest BCUT2D eigenvalue weighted by Crippen LogP contribution is 2.41. The molecule has 1 unspecified atom stereocenters. The summed E-state index contributed by atoms with van der Waals surface area (Å²) in [5.41, 5.74) is 9.34. The van der Waals surface area contributed by atoms with E-state index in [0.29, 0.717) is 5.41 Å². The SMILES string of the molecule is C=C(C)C.C=C(C)C(/C=C\C(C)=O)=C\C.CC.CC1CCC(C)(C)c2ccccc21.CCCC.CCCC.Cc1ccc(C)cc1. The zero-order valence-electron chi connectivity index (χ0n) is 33.5. The first-order chi connectivity index (χ1) is 21.5. The number of hydrogen-bond donors (Lipinski definition) is 0. The highest BCUT2D eigenvalue weighted by atomic mass is 16.1. The second-order valence-corrected chi connectivity index (χ2v) is 12.7. The summed E-state index contributed by atoms with van der Waals surface area (Å²) in [4.78, 5) is 10.5. The van der Waals surface area contributed by atoms with Crippen molar-refractivity contribution in [3.05, 3.63) is 119 Å². The fraction of sp³-hybridized carbons (Fsp3) is 0.533. The van der Waals surface area contributed by atoms with Crippen molar-refractivity contribution in [3.8, 4) is 0 Å². The van der Waals surface area contributed by atoms with Crippen molar-refractivity contribution in [2.45, 2.75) is 161 Å². The molecule has 0 heterocycles. The Bertz CT molecular complexity index is 1060. The number of carbonyl (C=O) groups is 1. The molecule has 46 heavy (non-hydrogen) atoms. The van der Waals surface area contributed by atoms with Crippen LogP contribution in [-0.4, -0.2) is 5.78 Å². The van der Waals surface area contributed by atoms with Gasteiger partial charge in [0.25, 0.3) is 0 Å². The molecule has 0 aliphatic heterocycles. The van der Waals surface area contributed by atoms with E-state index in [2.05, 4.69) is 124 Å². The van der Waals surface area contributed by atoms with E-state index < -0.39 is 0 Å². The molecule has 3 rings (SSSR count). The molecule has 262 valence electrons. The number of hydrogen-bond acceptors (Lipinski definition) is 1. The Morgan fingerprint density at radius 1 is 0.783 bits per heavy atom. The highest BCUT2D eigenvalue weighted by Gasteiger charge is 2.29. The Labute approximate surface area is 289 Å². The van der Waals surface area contributed by atoms with Crippen molar-refractivity contribution in [1.82, 2.24) is 0 Å². The van der Waals surface area contributed by atoms with Crippen molar-refractivity contribution >= 4 is 5.78 Å². The predicted octanol–water partition coefficient (Wildman–Crippen LogP) is 15.0. The van der Waals surface area contributed by atoms with Gasteiger partial charge in [-0.05, 0) is 95.4 Å². The predicted molar refractivity (Wildman–Crippen MR) is 214 cm³/mol. The minimum absolute atomic E-state index is 0.0607. The first-order valence-electron chi connectivity index (χ1n) is 17.8. The number of allylic oxidation sites excluding steroid dienone is 6. The summed E-state index contributed by atoms with van der Waals surface area (Å²) >= 11 is 0. The van der Waals surface area contributed by atoms with Gasteiger partial charge in [-0.2, -0.15) is 0 Å². The zero-order chi connectivity index (χ0) is 36.7. The van der Waals surface area contributed by atoms with Crippen LogP contribution in [0.4, 0.5) is 0 Å². The zero-order valence-corrected chi connectivity index (χ0v) is 33.5. The Balaban J connectivity index is -0.000000243. The van der Waals surface area contributed by atoms with Gasteiger partial charge >= 0.3 is 0 Å². The fourth-order valence-electron chi connectivity index (χ4n) is 3.74. The third-order valence-electron chi connectivity index (χ3n) is 6.94. The summed E-state index contributed by atoms with van der Waals surface area (Å²) in [6, 6.07) is 17.4. The molecule has 2 aromatic rings. The van der Waals surface area contributed by atoms with E-state index in [4.69, 9.17) is 0 Å². The third kappa shape index (κ3) is 29.8. The van der Waals surface area contributed by atoms with Gasteiger partial charge in [-0.1, -0.05) is 178 Å². The van der Waals surface area contributed by atoms with Crippen molar-refractivity contribution in [1.29, 1.82) is 0 Å². The van der Waals surface area contributed by atoms with Gasteiger partial charge in [-0.3, -0.25) is 4.79 Å². The molecule has 1 atom stereocenters. The number of carbonyl (C=O) groups excluding carboxylic acids is 1. The number of rotatable bonds is 5. The summed E-state index contributed by atoms with van der Waals surface area (Å²) < 4.78 is 0. The lowest BCUT2D eigenvalue weighted by molar-refractivity contribution is -0.112. The van der Waals surface area contributed by atoms with Gasteiger partial charge in [0.05, 0.1) is 0 Å². The summed E-state index contributed by atoms with van der Waals surface area (Å²) in [6.45, 7) is 40.6. The Morgan fingerprint density at radius 2 is 1.17 bits per heavy atom. The van der Waals surface area contributed by atoms with Crippen molar-refractivity contribution in [3.63, 3.8) is 0 Å². The quantitative estimate of drug-likeness (QED) is 0.182. The van der Waals surface area contributed by atoms with Crippen LogP contribution in [0.5, 0.6) is 0 Å². The van der Waals surface area contributed by atoms with Crippen LogP contribution in [0, 0.1) is 13.8 Å². The van der Waals surface area contributed by atoms with Crippen LogP contribution < -0.4 is 0 Å². The number of unbranched alkanes of at least 4 members (excludes halogenated alkanes) is 2. The molecule has 0 N–H and O–H groups in total. The molecule has 0 saturated carbocycles. The first kappa shape index (κ1) is 49.9. The minimum Gasteiger partial charge on any atom is -0.295 e. The van der Waals surface area contributed by atoms with Crippen molar-refractivity contribution in [2.75, 3.05) is 0 Å². The largest absolute Gasteiger partial charge is 0.295 e. The molecule has 1 aliphatic carbocycles. The van der Waals surface area contributed by atoms with E-state index in [1.165, 1.54) is 62.1 Å². The van der Waals surface area contributed by atoms with Gasteiger partial charge in [-0.15, -0.1) is 6.58 Å². The maximum Gasteiger partial charge on any atom is 0.152 e. The summed E-state index contributed by atoms with van der Waals surface area (Å²) in [5.74, 6) is 0.815. The van der Waals surface area contributed by atoms with Crippen LogP contribution in [0.1, 0.15) is 164 Å². The molecule has 0 spiro atoms. The van der Waals surface area contributed by atoms with Gasteiger partial charge in [0.1, 0.15) is 0 Å². The lowest BCUT2D eigenvalue weighted by Gasteiger charge is -2.35. The fourth-order valence-corrected chi connectivity index (χ4v) is 3.74. The van der Waals surface area contributed by atoms with Gasteiger partial charge in [0.15, 0.2) is 5.78 Å². The third-order valence-corrected chi connectivity index (χ3v) is 6.94. The molecule has 1 nitrogen and oxygen atoms in total. The Hall–Kier alpha value is -2.93. The molecule has 0 bridgehead atoms. The van der Waals surface area contributed by atoms with Crippen molar-refractivity contribution < 1.29 is 4.79 Å². The van der Waals surface area contributed by atoms with Crippen LogP contribution in [-0.2, 0) is 10.2 Å². The maximum absolute atomic E-state index is 10.5. The monoisotopic (exact) mass is 633 g/mol. The van der Waals surface area contributed by atoms with Crippen molar-refractivity contribution in [2.24, 2.45) is 0 Å². The van der Waals surface area contributed by atoms with E-state index in [-0.39, 0.29) is 5.78 Å². The second-order valence-electron chi connectivity index (χ2n) is 12.7. The first-order valence-corrected chi connectivity index (χ1v) is 17.8. The number of aryl methyl sites for hydroxylation is 2. The topological polar surface area (TPSA) is 17.1 Å². The average Bonchev–Trinajstić information content (AvgIpc) is 3.02. The Kier molecular flexibility index (Phi) is 34.8.